The maximum absolute atomic E-state index is 13.0. The minimum Gasteiger partial charge on any atom is -0.342 e. The van der Waals surface area contributed by atoms with Crippen LogP contribution in [0.15, 0.2) is 48.8 Å². The van der Waals surface area contributed by atoms with E-state index in [-0.39, 0.29) is 11.7 Å². The van der Waals surface area contributed by atoms with Crippen LogP contribution in [0.25, 0.3) is 0 Å². The Kier molecular flexibility index (Phi) is 5.86. The fourth-order valence-electron chi connectivity index (χ4n) is 3.01. The maximum Gasteiger partial charge on any atom is 0.232 e. The molecule has 1 fully saturated rings. The molecule has 3 rings (SSSR count). The molecule has 0 saturated carbocycles. The Balaban J connectivity index is 1.41. The van der Waals surface area contributed by atoms with E-state index in [1.165, 1.54) is 17.7 Å². The SMILES string of the molecule is O=C(CSCc1ccncc1)N1CC[C@H](Cc2ccc(F)cc2)C1. The lowest BCUT2D eigenvalue weighted by Crippen LogP contribution is -2.30. The van der Waals surface area contributed by atoms with Gasteiger partial charge in [-0.05, 0) is 54.2 Å². The highest BCUT2D eigenvalue weighted by molar-refractivity contribution is 7.99. The molecule has 0 N–H and O–H groups in total. The Bertz CT molecular complexity index is 663. The Morgan fingerprint density at radius 1 is 1.17 bits per heavy atom. The zero-order chi connectivity index (χ0) is 16.8. The lowest BCUT2D eigenvalue weighted by molar-refractivity contribution is -0.127. The number of nitrogens with zero attached hydrogens (tertiary/aromatic N) is 2. The second-order valence-corrected chi connectivity index (χ2v) is 7.16. The van der Waals surface area contributed by atoms with Gasteiger partial charge in [-0.3, -0.25) is 9.78 Å². The van der Waals surface area contributed by atoms with Crippen molar-refractivity contribution in [2.75, 3.05) is 18.8 Å². The van der Waals surface area contributed by atoms with Crippen LogP contribution in [0.4, 0.5) is 4.39 Å². The summed E-state index contributed by atoms with van der Waals surface area (Å²) in [6.45, 7) is 1.65. The summed E-state index contributed by atoms with van der Waals surface area (Å²) < 4.78 is 13.0. The summed E-state index contributed by atoms with van der Waals surface area (Å²) in [4.78, 5) is 18.3. The van der Waals surface area contributed by atoms with Gasteiger partial charge in [0.15, 0.2) is 0 Å². The molecule has 1 aliphatic rings. The first-order valence-electron chi connectivity index (χ1n) is 8.19. The average molecular weight is 344 g/mol. The quantitative estimate of drug-likeness (QED) is 0.803. The number of pyridine rings is 1. The number of hydrogen-bond acceptors (Lipinski definition) is 3. The third-order valence-electron chi connectivity index (χ3n) is 4.32. The standard InChI is InChI=1S/C19H21FN2OS/c20-18-3-1-15(2-4-18)11-17-7-10-22(12-17)19(23)14-24-13-16-5-8-21-9-6-16/h1-6,8-9,17H,7,10-14H2/t17-/m1/s1. The van der Waals surface area contributed by atoms with Crippen LogP contribution in [0.5, 0.6) is 0 Å². The van der Waals surface area contributed by atoms with Crippen LogP contribution in [0, 0.1) is 11.7 Å². The maximum atomic E-state index is 13.0. The molecule has 1 amide bonds. The Labute approximate surface area is 146 Å². The third-order valence-corrected chi connectivity index (χ3v) is 5.31. The Morgan fingerprint density at radius 2 is 1.92 bits per heavy atom. The first kappa shape index (κ1) is 17.0. The minimum atomic E-state index is -0.201. The molecule has 0 spiro atoms. The molecule has 1 atom stereocenters. The van der Waals surface area contributed by atoms with Crippen LogP contribution in [-0.4, -0.2) is 34.6 Å². The number of benzene rings is 1. The molecule has 0 unspecified atom stereocenters. The molecule has 3 nitrogen and oxygen atoms in total. The van der Waals surface area contributed by atoms with Gasteiger partial charge in [0.1, 0.15) is 5.82 Å². The van der Waals surface area contributed by atoms with Crippen LogP contribution in [0.2, 0.25) is 0 Å². The van der Waals surface area contributed by atoms with Crippen molar-refractivity contribution in [1.29, 1.82) is 0 Å². The van der Waals surface area contributed by atoms with E-state index in [1.54, 1.807) is 24.2 Å². The number of aromatic nitrogens is 1. The van der Waals surface area contributed by atoms with Crippen LogP contribution in [-0.2, 0) is 17.0 Å². The summed E-state index contributed by atoms with van der Waals surface area (Å²) in [7, 11) is 0. The predicted molar refractivity (Wildman–Crippen MR) is 95.2 cm³/mol. The number of rotatable bonds is 6. The van der Waals surface area contributed by atoms with Gasteiger partial charge in [0.2, 0.25) is 5.91 Å². The van der Waals surface area contributed by atoms with E-state index >= 15 is 0 Å². The van der Waals surface area contributed by atoms with Gasteiger partial charge < -0.3 is 4.90 Å². The highest BCUT2D eigenvalue weighted by Crippen LogP contribution is 2.22. The molecular formula is C19H21FN2OS. The molecule has 1 aliphatic heterocycles. The first-order chi connectivity index (χ1) is 11.7. The van der Waals surface area contributed by atoms with Crippen molar-refractivity contribution < 1.29 is 9.18 Å². The van der Waals surface area contributed by atoms with Gasteiger partial charge in [-0.1, -0.05) is 12.1 Å². The molecule has 126 valence electrons. The van der Waals surface area contributed by atoms with E-state index in [0.29, 0.717) is 11.7 Å². The van der Waals surface area contributed by atoms with Gasteiger partial charge in [-0.2, -0.15) is 0 Å². The highest BCUT2D eigenvalue weighted by Gasteiger charge is 2.26. The summed E-state index contributed by atoms with van der Waals surface area (Å²) >= 11 is 1.65. The normalized spacial score (nSPS) is 17.2. The van der Waals surface area contributed by atoms with Crippen LogP contribution in [0.1, 0.15) is 17.5 Å². The third kappa shape index (κ3) is 4.81. The summed E-state index contributed by atoms with van der Waals surface area (Å²) in [5, 5.41) is 0. The molecule has 2 heterocycles. The minimum absolute atomic E-state index is 0.201. The van der Waals surface area contributed by atoms with Gasteiger partial charge in [0.25, 0.3) is 0 Å². The number of hydrogen-bond donors (Lipinski definition) is 0. The molecule has 0 aliphatic carbocycles. The summed E-state index contributed by atoms with van der Waals surface area (Å²) in [5.74, 6) is 1.85. The highest BCUT2D eigenvalue weighted by atomic mass is 32.2. The van der Waals surface area contributed by atoms with E-state index in [2.05, 4.69) is 4.98 Å². The van der Waals surface area contributed by atoms with E-state index in [9.17, 15) is 9.18 Å². The van der Waals surface area contributed by atoms with Gasteiger partial charge in [0, 0.05) is 31.2 Å². The number of amides is 1. The predicted octanol–water partition coefficient (Wildman–Crippen LogP) is 3.55. The van der Waals surface area contributed by atoms with Gasteiger partial charge in [0.05, 0.1) is 5.75 Å². The number of carbonyl (C=O) groups excluding carboxylic acids is 1. The van der Waals surface area contributed by atoms with E-state index < -0.39 is 0 Å². The second-order valence-electron chi connectivity index (χ2n) is 6.17. The topological polar surface area (TPSA) is 33.2 Å². The van der Waals surface area contributed by atoms with Crippen molar-refractivity contribution in [2.45, 2.75) is 18.6 Å². The molecule has 0 radical (unpaired) electrons. The van der Waals surface area contributed by atoms with Gasteiger partial charge in [-0.25, -0.2) is 4.39 Å². The van der Waals surface area contributed by atoms with E-state index in [0.717, 1.165) is 37.2 Å². The van der Waals surface area contributed by atoms with Crippen molar-refractivity contribution in [3.05, 3.63) is 65.7 Å². The molecular weight excluding hydrogens is 323 g/mol. The van der Waals surface area contributed by atoms with Crippen molar-refractivity contribution in [3.8, 4) is 0 Å². The Hall–Kier alpha value is -1.88. The van der Waals surface area contributed by atoms with Crippen LogP contribution < -0.4 is 0 Å². The van der Waals surface area contributed by atoms with Crippen LogP contribution in [0.3, 0.4) is 0 Å². The van der Waals surface area contributed by atoms with Crippen LogP contribution >= 0.6 is 11.8 Å². The summed E-state index contributed by atoms with van der Waals surface area (Å²) in [6.07, 6.45) is 5.49. The lowest BCUT2D eigenvalue weighted by atomic mass is 9.99. The fourth-order valence-corrected chi connectivity index (χ4v) is 3.89. The first-order valence-corrected chi connectivity index (χ1v) is 9.35. The number of likely N-dealkylation sites (tertiary alicyclic amines) is 1. The summed E-state index contributed by atoms with van der Waals surface area (Å²) in [6, 6.07) is 10.6. The van der Waals surface area contributed by atoms with Gasteiger partial charge >= 0.3 is 0 Å². The van der Waals surface area contributed by atoms with Crippen molar-refractivity contribution >= 4 is 17.7 Å². The zero-order valence-corrected chi connectivity index (χ0v) is 14.3. The molecule has 1 aromatic heterocycles. The van der Waals surface area contributed by atoms with Gasteiger partial charge in [-0.15, -0.1) is 11.8 Å². The van der Waals surface area contributed by atoms with Crippen molar-refractivity contribution in [3.63, 3.8) is 0 Å². The summed E-state index contributed by atoms with van der Waals surface area (Å²) in [5.41, 5.74) is 2.33. The van der Waals surface area contributed by atoms with E-state index in [1.807, 2.05) is 29.2 Å². The molecule has 1 saturated heterocycles. The Morgan fingerprint density at radius 3 is 2.67 bits per heavy atom. The molecule has 0 bridgehead atoms. The number of halogens is 1. The van der Waals surface area contributed by atoms with Crippen molar-refractivity contribution in [1.82, 2.24) is 9.88 Å². The number of carbonyl (C=O) groups is 1. The molecule has 24 heavy (non-hydrogen) atoms. The van der Waals surface area contributed by atoms with Crippen molar-refractivity contribution in [2.24, 2.45) is 5.92 Å². The molecule has 1 aromatic carbocycles. The molecule has 5 heteroatoms. The number of thioether (sulfide) groups is 1. The second kappa shape index (κ2) is 8.29. The molecule has 2 aromatic rings. The average Bonchev–Trinajstić information content (AvgIpc) is 3.06. The lowest BCUT2D eigenvalue weighted by Gasteiger charge is -2.16. The zero-order valence-electron chi connectivity index (χ0n) is 13.5. The van der Waals surface area contributed by atoms with E-state index in [4.69, 9.17) is 0 Å². The largest absolute Gasteiger partial charge is 0.342 e. The smallest absolute Gasteiger partial charge is 0.232 e. The fraction of sp³-hybridized carbons (Fsp3) is 0.368. The monoisotopic (exact) mass is 344 g/mol.